The molecule has 0 unspecified atom stereocenters. The Balaban J connectivity index is 1.01. The van der Waals surface area contributed by atoms with Crippen LogP contribution < -0.4 is 0 Å². The lowest BCUT2D eigenvalue weighted by Gasteiger charge is -2.21. The van der Waals surface area contributed by atoms with Crippen LogP contribution >= 0.6 is 0 Å². The Morgan fingerprint density at radius 1 is 0.305 bits per heavy atom. The molecule has 0 bridgehead atoms. The number of benzene rings is 9. The van der Waals surface area contributed by atoms with Crippen molar-refractivity contribution in [2.75, 3.05) is 0 Å². The number of hydrogen-bond acceptors (Lipinski definition) is 2. The van der Waals surface area contributed by atoms with Crippen molar-refractivity contribution in [2.24, 2.45) is 0 Å². The Morgan fingerprint density at radius 2 is 0.847 bits per heavy atom. The van der Waals surface area contributed by atoms with Crippen molar-refractivity contribution in [3.8, 4) is 78.4 Å². The summed E-state index contributed by atoms with van der Waals surface area (Å²) in [6.45, 7) is 4.67. The normalized spacial score (nSPS) is 12.7. The van der Waals surface area contributed by atoms with E-state index in [0.29, 0.717) is 5.82 Å². The van der Waals surface area contributed by atoms with E-state index in [-0.39, 0.29) is 5.41 Å². The van der Waals surface area contributed by atoms with Gasteiger partial charge in [-0.05, 0) is 89.3 Å². The monoisotopic (exact) mass is 752 g/mol. The molecule has 0 N–H and O–H groups in total. The van der Waals surface area contributed by atoms with Gasteiger partial charge in [-0.3, -0.25) is 0 Å². The van der Waals surface area contributed by atoms with Gasteiger partial charge >= 0.3 is 0 Å². The van der Waals surface area contributed by atoms with Crippen LogP contribution in [0.25, 0.3) is 100.0 Å². The molecule has 1 heterocycles. The Morgan fingerprint density at radius 3 is 1.64 bits per heavy atom. The van der Waals surface area contributed by atoms with E-state index < -0.39 is 0 Å². The molecule has 2 nitrogen and oxygen atoms in total. The molecule has 0 fully saturated rings. The molecule has 11 rings (SSSR count). The Hall–Kier alpha value is -7.42. The molecule has 59 heavy (non-hydrogen) atoms. The Kier molecular flexibility index (Phi) is 8.20. The van der Waals surface area contributed by atoms with Crippen molar-refractivity contribution in [3.05, 3.63) is 217 Å². The maximum absolute atomic E-state index is 5.29. The first-order valence-corrected chi connectivity index (χ1v) is 20.4. The van der Waals surface area contributed by atoms with E-state index in [1.54, 1.807) is 0 Å². The second-order valence-electron chi connectivity index (χ2n) is 16.1. The molecular weight excluding hydrogens is 713 g/mol. The molecular formula is C57H40N2. The number of rotatable bonds is 6. The van der Waals surface area contributed by atoms with Gasteiger partial charge in [-0.25, -0.2) is 9.97 Å². The summed E-state index contributed by atoms with van der Waals surface area (Å²) in [4.78, 5) is 10.6. The second-order valence-corrected chi connectivity index (χ2v) is 16.1. The molecule has 10 aromatic rings. The first-order valence-electron chi connectivity index (χ1n) is 20.4. The van der Waals surface area contributed by atoms with Gasteiger partial charge in [0, 0.05) is 22.1 Å². The van der Waals surface area contributed by atoms with E-state index in [2.05, 4.69) is 214 Å². The molecule has 1 aliphatic rings. The van der Waals surface area contributed by atoms with Crippen LogP contribution in [0, 0.1) is 0 Å². The predicted molar refractivity (Wildman–Crippen MR) is 247 cm³/mol. The topological polar surface area (TPSA) is 25.8 Å². The second kappa shape index (κ2) is 13.9. The van der Waals surface area contributed by atoms with E-state index in [0.717, 1.165) is 39.0 Å². The van der Waals surface area contributed by atoms with Gasteiger partial charge in [0.15, 0.2) is 5.82 Å². The minimum atomic E-state index is -0.0000189. The summed E-state index contributed by atoms with van der Waals surface area (Å²) in [7, 11) is 0. The number of fused-ring (bicyclic) bond motifs is 5. The van der Waals surface area contributed by atoms with Crippen molar-refractivity contribution in [1.82, 2.24) is 9.97 Å². The predicted octanol–water partition coefficient (Wildman–Crippen LogP) is 15.1. The highest BCUT2D eigenvalue weighted by atomic mass is 14.9. The summed E-state index contributed by atoms with van der Waals surface area (Å²) >= 11 is 0. The molecule has 0 saturated carbocycles. The Labute approximate surface area is 345 Å². The third kappa shape index (κ3) is 5.87. The molecule has 0 aliphatic heterocycles. The zero-order valence-corrected chi connectivity index (χ0v) is 33.0. The SMILES string of the molecule is CC1(C)c2ccccc2-c2cc(-c3ccc(-c4ccc(-c5cc(-c6ccccc6-c6cccc7ccccc67)nc(-c6ccccc6)n5)c5ccccc45)cc3)ccc21. The Bertz CT molecular complexity index is 3230. The lowest BCUT2D eigenvalue weighted by molar-refractivity contribution is 0.660. The van der Waals surface area contributed by atoms with Crippen LogP contribution in [0.4, 0.5) is 0 Å². The highest BCUT2D eigenvalue weighted by Gasteiger charge is 2.35. The lowest BCUT2D eigenvalue weighted by atomic mass is 9.82. The van der Waals surface area contributed by atoms with E-state index >= 15 is 0 Å². The smallest absolute Gasteiger partial charge is 0.160 e. The van der Waals surface area contributed by atoms with Gasteiger partial charge < -0.3 is 0 Å². The molecule has 278 valence electrons. The summed E-state index contributed by atoms with van der Waals surface area (Å²) in [5, 5.41) is 4.77. The van der Waals surface area contributed by atoms with Crippen LogP contribution in [0.1, 0.15) is 25.0 Å². The van der Waals surface area contributed by atoms with Gasteiger partial charge in [-0.2, -0.15) is 0 Å². The van der Waals surface area contributed by atoms with Crippen molar-refractivity contribution in [3.63, 3.8) is 0 Å². The number of nitrogens with zero attached hydrogens (tertiary/aromatic N) is 2. The molecule has 0 amide bonds. The van der Waals surface area contributed by atoms with Crippen LogP contribution in [0.2, 0.25) is 0 Å². The molecule has 0 spiro atoms. The fourth-order valence-electron chi connectivity index (χ4n) is 9.36. The maximum atomic E-state index is 5.29. The molecule has 9 aromatic carbocycles. The lowest BCUT2D eigenvalue weighted by Crippen LogP contribution is -2.14. The van der Waals surface area contributed by atoms with Crippen LogP contribution in [0.15, 0.2) is 206 Å². The zero-order chi connectivity index (χ0) is 39.5. The molecule has 0 radical (unpaired) electrons. The van der Waals surface area contributed by atoms with Gasteiger partial charge in [0.25, 0.3) is 0 Å². The number of hydrogen-bond donors (Lipinski definition) is 0. The van der Waals surface area contributed by atoms with Crippen molar-refractivity contribution < 1.29 is 0 Å². The van der Waals surface area contributed by atoms with E-state index in [1.807, 2.05) is 6.07 Å². The molecule has 0 atom stereocenters. The highest BCUT2D eigenvalue weighted by molar-refractivity contribution is 6.05. The van der Waals surface area contributed by atoms with Crippen molar-refractivity contribution in [1.29, 1.82) is 0 Å². The third-order valence-corrected chi connectivity index (χ3v) is 12.4. The zero-order valence-electron chi connectivity index (χ0n) is 33.0. The summed E-state index contributed by atoms with van der Waals surface area (Å²) < 4.78 is 0. The highest BCUT2D eigenvalue weighted by Crippen LogP contribution is 2.49. The first kappa shape index (κ1) is 34.8. The van der Waals surface area contributed by atoms with Crippen LogP contribution in [0.5, 0.6) is 0 Å². The van der Waals surface area contributed by atoms with Gasteiger partial charge in [0.2, 0.25) is 0 Å². The fourth-order valence-corrected chi connectivity index (χ4v) is 9.36. The molecule has 0 saturated heterocycles. The standard InChI is InChI=1S/C57H40N2/c1-57(2)52-26-13-12-23-48(52)51-35-41(31-34-53(51)57)37-27-29-39(30-28-37)43-32-33-50(47-22-9-8-20-44(43)47)55-36-54(58-56(59-55)40-16-4-3-5-17-40)49-24-11-10-21-46(49)45-25-14-18-38-15-6-7-19-42(38)45/h3-36H,1-2H3. The summed E-state index contributed by atoms with van der Waals surface area (Å²) in [6, 6.07) is 74.3. The largest absolute Gasteiger partial charge is 0.228 e. The first-order chi connectivity index (χ1) is 29.0. The van der Waals surface area contributed by atoms with Crippen molar-refractivity contribution in [2.45, 2.75) is 19.3 Å². The summed E-state index contributed by atoms with van der Waals surface area (Å²) in [6.07, 6.45) is 0. The summed E-state index contributed by atoms with van der Waals surface area (Å²) in [5.74, 6) is 0.702. The quantitative estimate of drug-likeness (QED) is 0.169. The van der Waals surface area contributed by atoms with Gasteiger partial charge in [-0.1, -0.05) is 208 Å². The van der Waals surface area contributed by atoms with E-state index in [9.17, 15) is 0 Å². The van der Waals surface area contributed by atoms with Crippen LogP contribution in [-0.2, 0) is 5.41 Å². The van der Waals surface area contributed by atoms with Crippen LogP contribution in [0.3, 0.4) is 0 Å². The van der Waals surface area contributed by atoms with E-state index in [1.165, 1.54) is 66.2 Å². The fraction of sp³-hybridized carbons (Fsp3) is 0.0526. The van der Waals surface area contributed by atoms with Gasteiger partial charge in [0.05, 0.1) is 11.4 Å². The number of aromatic nitrogens is 2. The van der Waals surface area contributed by atoms with Gasteiger partial charge in [-0.15, -0.1) is 0 Å². The molecule has 1 aromatic heterocycles. The minimum absolute atomic E-state index is 0.0000189. The minimum Gasteiger partial charge on any atom is -0.228 e. The van der Waals surface area contributed by atoms with Crippen molar-refractivity contribution >= 4 is 21.5 Å². The molecule has 2 heteroatoms. The van der Waals surface area contributed by atoms with Gasteiger partial charge in [0.1, 0.15) is 0 Å². The maximum Gasteiger partial charge on any atom is 0.160 e. The van der Waals surface area contributed by atoms with E-state index in [4.69, 9.17) is 9.97 Å². The third-order valence-electron chi connectivity index (χ3n) is 12.4. The van der Waals surface area contributed by atoms with Crippen LogP contribution in [-0.4, -0.2) is 9.97 Å². The summed E-state index contributed by atoms with van der Waals surface area (Å²) in [5.41, 5.74) is 17.5. The average molecular weight is 753 g/mol. The average Bonchev–Trinajstić information content (AvgIpc) is 3.53. The molecule has 1 aliphatic carbocycles.